The van der Waals surface area contributed by atoms with Gasteiger partial charge in [-0.25, -0.2) is 5.10 Å². The Labute approximate surface area is 137 Å². The van der Waals surface area contributed by atoms with Gasteiger partial charge in [-0.15, -0.1) is 0 Å². The van der Waals surface area contributed by atoms with E-state index in [0.29, 0.717) is 11.4 Å². The number of nitrogens with one attached hydrogen (secondary N) is 1. The Morgan fingerprint density at radius 2 is 1.88 bits per heavy atom. The topological polar surface area (TPSA) is 99.2 Å². The second-order valence-corrected chi connectivity index (χ2v) is 5.01. The monoisotopic (exact) mass is 322 g/mol. The van der Waals surface area contributed by atoms with Crippen molar-refractivity contribution in [2.75, 3.05) is 4.90 Å². The number of anilines is 1. The number of para-hydroxylation sites is 2. The standard InChI is InChI=1S/C17H14N4O3/c22-15-7-2-1-6-14(15)21(11-12-5-3-4-10-18-12)17(24)13-8-9-16(23)20-19-13/h1-10,22H,11H2,(H,20,23). The number of H-pyrrole nitrogens is 1. The molecular formula is C17H14N4O3. The van der Waals surface area contributed by atoms with Crippen molar-refractivity contribution in [3.05, 3.63) is 82.5 Å². The number of pyridine rings is 1. The second kappa shape index (κ2) is 6.74. The fraction of sp³-hybridized carbons (Fsp3) is 0.0588. The van der Waals surface area contributed by atoms with Gasteiger partial charge < -0.3 is 5.11 Å². The molecule has 1 aromatic carbocycles. The van der Waals surface area contributed by atoms with Gasteiger partial charge in [0.25, 0.3) is 11.5 Å². The highest BCUT2D eigenvalue weighted by atomic mass is 16.3. The van der Waals surface area contributed by atoms with Gasteiger partial charge in [0.05, 0.1) is 17.9 Å². The highest BCUT2D eigenvalue weighted by Gasteiger charge is 2.22. The fourth-order valence-electron chi connectivity index (χ4n) is 2.21. The largest absolute Gasteiger partial charge is 0.506 e. The van der Waals surface area contributed by atoms with Crippen molar-refractivity contribution in [1.82, 2.24) is 15.2 Å². The van der Waals surface area contributed by atoms with Gasteiger partial charge in [0.1, 0.15) is 11.4 Å². The van der Waals surface area contributed by atoms with E-state index in [1.54, 1.807) is 36.5 Å². The number of carbonyl (C=O) groups is 1. The summed E-state index contributed by atoms with van der Waals surface area (Å²) in [5.74, 6) is -0.496. The number of aromatic hydroxyl groups is 1. The maximum atomic E-state index is 12.8. The van der Waals surface area contributed by atoms with Gasteiger partial charge in [-0.05, 0) is 30.3 Å². The van der Waals surface area contributed by atoms with E-state index in [1.165, 1.54) is 23.1 Å². The minimum atomic E-state index is -0.460. The van der Waals surface area contributed by atoms with E-state index in [2.05, 4.69) is 15.2 Å². The average molecular weight is 322 g/mol. The quantitative estimate of drug-likeness (QED) is 0.762. The van der Waals surface area contributed by atoms with Gasteiger partial charge in [0, 0.05) is 12.3 Å². The Kier molecular flexibility index (Phi) is 4.33. The van der Waals surface area contributed by atoms with Gasteiger partial charge in [-0.1, -0.05) is 18.2 Å². The molecule has 2 N–H and O–H groups in total. The van der Waals surface area contributed by atoms with E-state index in [0.717, 1.165) is 0 Å². The Bertz CT molecular complexity index is 888. The van der Waals surface area contributed by atoms with Gasteiger partial charge in [0.15, 0.2) is 0 Å². The SMILES string of the molecule is O=C(c1ccc(=O)[nH]n1)N(Cc1ccccn1)c1ccccc1O. The van der Waals surface area contributed by atoms with Crippen LogP contribution in [-0.2, 0) is 6.54 Å². The molecule has 2 aromatic heterocycles. The number of carbonyl (C=O) groups excluding carboxylic acids is 1. The molecular weight excluding hydrogens is 308 g/mol. The molecule has 120 valence electrons. The lowest BCUT2D eigenvalue weighted by molar-refractivity contribution is 0.0978. The molecule has 0 bridgehead atoms. The lowest BCUT2D eigenvalue weighted by Crippen LogP contribution is -2.32. The van der Waals surface area contributed by atoms with Gasteiger partial charge in [-0.2, -0.15) is 5.10 Å². The van der Waals surface area contributed by atoms with E-state index in [1.807, 2.05) is 6.07 Å². The summed E-state index contributed by atoms with van der Waals surface area (Å²) < 4.78 is 0. The number of benzene rings is 1. The van der Waals surface area contributed by atoms with Crippen molar-refractivity contribution < 1.29 is 9.90 Å². The van der Waals surface area contributed by atoms with Crippen molar-refractivity contribution >= 4 is 11.6 Å². The minimum Gasteiger partial charge on any atom is -0.506 e. The predicted molar refractivity (Wildman–Crippen MR) is 87.7 cm³/mol. The minimum absolute atomic E-state index is 0.0359. The van der Waals surface area contributed by atoms with Crippen LogP contribution in [0, 0.1) is 0 Å². The first-order valence-electron chi connectivity index (χ1n) is 7.20. The first-order valence-corrected chi connectivity index (χ1v) is 7.20. The lowest BCUT2D eigenvalue weighted by Gasteiger charge is -2.22. The third kappa shape index (κ3) is 3.30. The molecule has 0 aliphatic rings. The summed E-state index contributed by atoms with van der Waals surface area (Å²) in [6.45, 7) is 0.151. The zero-order valence-electron chi connectivity index (χ0n) is 12.6. The van der Waals surface area contributed by atoms with Crippen molar-refractivity contribution in [2.24, 2.45) is 0 Å². The summed E-state index contributed by atoms with van der Waals surface area (Å²) in [6, 6.07) is 14.4. The highest BCUT2D eigenvalue weighted by Crippen LogP contribution is 2.28. The number of hydrogen-bond acceptors (Lipinski definition) is 5. The van der Waals surface area contributed by atoms with Crippen LogP contribution < -0.4 is 10.5 Å². The molecule has 0 spiro atoms. The molecule has 2 heterocycles. The number of phenols is 1. The smallest absolute Gasteiger partial charge is 0.279 e. The second-order valence-electron chi connectivity index (χ2n) is 5.01. The summed E-state index contributed by atoms with van der Waals surface area (Å²) in [5, 5.41) is 16.1. The van der Waals surface area contributed by atoms with Gasteiger partial charge in [0.2, 0.25) is 0 Å². The fourth-order valence-corrected chi connectivity index (χ4v) is 2.21. The molecule has 0 radical (unpaired) electrons. The summed E-state index contributed by atoms with van der Waals surface area (Å²) in [4.78, 5) is 29.5. The molecule has 24 heavy (non-hydrogen) atoms. The highest BCUT2D eigenvalue weighted by molar-refractivity contribution is 6.05. The number of phenolic OH excluding ortho intramolecular Hbond substituents is 1. The molecule has 1 amide bonds. The van der Waals surface area contributed by atoms with Crippen LogP contribution in [0.2, 0.25) is 0 Å². The van der Waals surface area contributed by atoms with Gasteiger partial charge in [-0.3, -0.25) is 19.5 Å². The van der Waals surface area contributed by atoms with Crippen LogP contribution >= 0.6 is 0 Å². The van der Waals surface area contributed by atoms with Gasteiger partial charge >= 0.3 is 0 Å². The Morgan fingerprint density at radius 3 is 2.54 bits per heavy atom. The Balaban J connectivity index is 2.01. The average Bonchev–Trinajstić information content (AvgIpc) is 2.61. The molecule has 0 saturated carbocycles. The molecule has 0 fully saturated rings. The van der Waals surface area contributed by atoms with E-state index in [4.69, 9.17) is 0 Å². The van der Waals surface area contributed by atoms with Crippen LogP contribution in [0.5, 0.6) is 5.75 Å². The maximum absolute atomic E-state index is 12.8. The van der Waals surface area contributed by atoms with Crippen molar-refractivity contribution in [3.8, 4) is 5.75 Å². The predicted octanol–water partition coefficient (Wildman–Crippen LogP) is 1.72. The molecule has 3 rings (SSSR count). The molecule has 0 aliphatic carbocycles. The molecule has 0 aliphatic heterocycles. The maximum Gasteiger partial charge on any atom is 0.279 e. The summed E-state index contributed by atoms with van der Waals surface area (Å²) in [6.07, 6.45) is 1.63. The zero-order valence-corrected chi connectivity index (χ0v) is 12.6. The number of aromatic nitrogens is 3. The number of amides is 1. The van der Waals surface area contributed by atoms with Crippen LogP contribution in [0.15, 0.2) is 65.6 Å². The number of rotatable bonds is 4. The van der Waals surface area contributed by atoms with Crippen LogP contribution in [0.3, 0.4) is 0 Å². The lowest BCUT2D eigenvalue weighted by atomic mass is 10.2. The number of aromatic amines is 1. The van der Waals surface area contributed by atoms with Crippen molar-refractivity contribution in [2.45, 2.75) is 6.54 Å². The van der Waals surface area contributed by atoms with Crippen LogP contribution in [0.25, 0.3) is 0 Å². The molecule has 0 unspecified atom stereocenters. The summed E-state index contributed by atoms with van der Waals surface area (Å²) >= 11 is 0. The Morgan fingerprint density at radius 1 is 1.08 bits per heavy atom. The number of nitrogens with zero attached hydrogens (tertiary/aromatic N) is 3. The van der Waals surface area contributed by atoms with E-state index in [9.17, 15) is 14.7 Å². The molecule has 3 aromatic rings. The summed E-state index contributed by atoms with van der Waals surface area (Å²) in [7, 11) is 0. The van der Waals surface area contributed by atoms with Crippen LogP contribution in [-0.4, -0.2) is 26.2 Å². The Hall–Kier alpha value is -3.48. The first kappa shape index (κ1) is 15.4. The first-order chi connectivity index (χ1) is 11.6. The molecule has 0 saturated heterocycles. The molecule has 0 atom stereocenters. The van der Waals surface area contributed by atoms with E-state index >= 15 is 0 Å². The molecule has 7 heteroatoms. The number of hydrogen-bond donors (Lipinski definition) is 2. The van der Waals surface area contributed by atoms with Crippen LogP contribution in [0.1, 0.15) is 16.2 Å². The zero-order chi connectivity index (χ0) is 16.9. The van der Waals surface area contributed by atoms with Crippen molar-refractivity contribution in [1.29, 1.82) is 0 Å². The van der Waals surface area contributed by atoms with E-state index < -0.39 is 11.5 Å². The van der Waals surface area contributed by atoms with E-state index in [-0.39, 0.29) is 18.0 Å². The third-order valence-corrected chi connectivity index (χ3v) is 3.36. The molecule has 7 nitrogen and oxygen atoms in total. The van der Waals surface area contributed by atoms with Crippen molar-refractivity contribution in [3.63, 3.8) is 0 Å². The normalized spacial score (nSPS) is 10.3. The van der Waals surface area contributed by atoms with Crippen LogP contribution in [0.4, 0.5) is 5.69 Å². The third-order valence-electron chi connectivity index (χ3n) is 3.36. The summed E-state index contributed by atoms with van der Waals surface area (Å²) in [5.41, 5.74) is 0.652.